The van der Waals surface area contributed by atoms with Crippen LogP contribution in [0.1, 0.15) is 31.9 Å². The molecule has 9 aromatic rings. The molecule has 52 heavy (non-hydrogen) atoms. The van der Waals surface area contributed by atoms with E-state index in [1.54, 1.807) is 68.8 Å². The minimum Gasteiger partial charge on any atom is -0.293 e. The van der Waals surface area contributed by atoms with Gasteiger partial charge in [0.25, 0.3) is 0 Å². The van der Waals surface area contributed by atoms with Crippen LogP contribution in [0.3, 0.4) is 0 Å². The van der Waals surface area contributed by atoms with E-state index >= 15 is 4.39 Å². The van der Waals surface area contributed by atoms with E-state index in [9.17, 15) is 18.0 Å². The van der Waals surface area contributed by atoms with E-state index in [1.165, 1.54) is 28.0 Å². The maximum Gasteiger partial charge on any atom is 0.416 e. The lowest BCUT2D eigenvalue weighted by molar-refractivity contribution is -0.137. The average molecular weight is 801 g/mol. The minimum absolute atomic E-state index is 0.137. The van der Waals surface area contributed by atoms with Crippen LogP contribution in [0.4, 0.5) is 17.6 Å². The Labute approximate surface area is 319 Å². The van der Waals surface area contributed by atoms with Gasteiger partial charge in [-0.05, 0) is 73.5 Å². The highest BCUT2D eigenvalue weighted by molar-refractivity contribution is 7.33. The molecule has 0 spiro atoms. The number of carbonyl (C=O) groups is 1. The van der Waals surface area contributed by atoms with Gasteiger partial charge in [-0.1, -0.05) is 42.5 Å². The van der Waals surface area contributed by atoms with Crippen molar-refractivity contribution >= 4 is 104 Å². The number of fused-ring (bicyclic) bond motifs is 3. The molecule has 0 fully saturated rings. The summed E-state index contributed by atoms with van der Waals surface area (Å²) in [6, 6.07) is 28.0. The summed E-state index contributed by atoms with van der Waals surface area (Å²) >= 11 is 9.46. The topological polar surface area (TPSA) is 17.1 Å². The van der Waals surface area contributed by atoms with Gasteiger partial charge in [0.2, 0.25) is 0 Å². The molecule has 0 unspecified atom stereocenters. The molecule has 11 heteroatoms. The second-order valence-electron chi connectivity index (χ2n) is 12.5. The standard InChI is InChI=1S/C41H24F4OS6/c1-19-9-15-27(47-19)31-25-17-29(22-11-13-24(14-12-22)41(43,44)45)49-37(25)32(28-16-10-20(2)48-28)26-18-30(50-38(26)31)39-40-33(34(42)35(51-40)21(3)46)36(52-39)23-7-5-4-6-8-23/h4-18H,1-3H3. The molecular weight excluding hydrogens is 777 g/mol. The van der Waals surface area contributed by atoms with Crippen LogP contribution in [0.2, 0.25) is 0 Å². The highest BCUT2D eigenvalue weighted by Crippen LogP contribution is 2.57. The van der Waals surface area contributed by atoms with Gasteiger partial charge in [0.05, 0.1) is 15.1 Å². The van der Waals surface area contributed by atoms with E-state index in [-0.39, 0.29) is 10.7 Å². The molecule has 1 nitrogen and oxygen atoms in total. The summed E-state index contributed by atoms with van der Waals surface area (Å²) in [4.78, 5) is 20.9. The van der Waals surface area contributed by atoms with Crippen molar-refractivity contribution in [3.63, 3.8) is 0 Å². The van der Waals surface area contributed by atoms with E-state index in [0.29, 0.717) is 5.39 Å². The van der Waals surface area contributed by atoms with Crippen molar-refractivity contribution in [1.82, 2.24) is 0 Å². The number of alkyl halides is 3. The molecule has 258 valence electrons. The summed E-state index contributed by atoms with van der Waals surface area (Å²) in [6.45, 7) is 5.57. The predicted molar refractivity (Wildman–Crippen MR) is 218 cm³/mol. The zero-order valence-electron chi connectivity index (χ0n) is 27.5. The Hall–Kier alpha value is -3.97. The summed E-state index contributed by atoms with van der Waals surface area (Å²) in [7, 11) is 0. The van der Waals surface area contributed by atoms with Crippen molar-refractivity contribution in [2.45, 2.75) is 26.9 Å². The van der Waals surface area contributed by atoms with Crippen LogP contribution >= 0.6 is 68.0 Å². The SMILES string of the molecule is CC(=O)c1sc2c(-c3cc4c(-c5ccc(C)s5)c5sc(-c6ccc(C(F)(F)F)cc6)cc5c(-c5ccc(C)s5)c4s3)sc(-c3ccccc3)c2c1F. The molecule has 0 aliphatic heterocycles. The Morgan fingerprint density at radius 3 is 1.69 bits per heavy atom. The quantitative estimate of drug-likeness (QED) is 0.121. The third-order valence-corrected chi connectivity index (χ3v) is 16.2. The first-order valence-corrected chi connectivity index (χ1v) is 21.0. The van der Waals surface area contributed by atoms with Crippen LogP contribution in [0.15, 0.2) is 91.0 Å². The number of thiophene rings is 6. The summed E-state index contributed by atoms with van der Waals surface area (Å²) in [5.41, 5.74) is 3.13. The Morgan fingerprint density at radius 1 is 0.577 bits per heavy atom. The number of halogens is 4. The zero-order valence-corrected chi connectivity index (χ0v) is 32.4. The van der Waals surface area contributed by atoms with Crippen LogP contribution in [-0.2, 0) is 6.18 Å². The normalized spacial score (nSPS) is 12.2. The first-order valence-electron chi connectivity index (χ1n) is 16.1. The summed E-state index contributed by atoms with van der Waals surface area (Å²) in [5, 5.41) is 2.61. The van der Waals surface area contributed by atoms with Gasteiger partial charge < -0.3 is 0 Å². The first-order chi connectivity index (χ1) is 25.0. The van der Waals surface area contributed by atoms with Crippen molar-refractivity contribution in [1.29, 1.82) is 0 Å². The third-order valence-electron chi connectivity index (χ3n) is 8.99. The summed E-state index contributed by atoms with van der Waals surface area (Å²) in [5.74, 6) is -0.754. The van der Waals surface area contributed by atoms with Crippen molar-refractivity contribution in [3.8, 4) is 51.5 Å². The fraction of sp³-hybridized carbons (Fsp3) is 0.0976. The van der Waals surface area contributed by atoms with Gasteiger partial charge in [0.1, 0.15) is 4.88 Å². The fourth-order valence-corrected chi connectivity index (χ4v) is 13.8. The molecule has 0 atom stereocenters. The molecule has 0 bridgehead atoms. The van der Waals surface area contributed by atoms with E-state index in [1.807, 2.05) is 30.3 Å². The van der Waals surface area contributed by atoms with Crippen LogP contribution in [0.5, 0.6) is 0 Å². The lowest BCUT2D eigenvalue weighted by atomic mass is 9.99. The average Bonchev–Trinajstić information content (AvgIpc) is 3.97. The van der Waals surface area contributed by atoms with E-state index < -0.39 is 17.6 Å². The Bertz CT molecular complexity index is 2740. The maximum absolute atomic E-state index is 16.1. The molecule has 0 saturated carbocycles. The maximum atomic E-state index is 16.1. The van der Waals surface area contributed by atoms with Crippen LogP contribution in [0.25, 0.3) is 81.8 Å². The van der Waals surface area contributed by atoms with Gasteiger partial charge in [0.15, 0.2) is 11.6 Å². The van der Waals surface area contributed by atoms with Crippen LogP contribution in [-0.4, -0.2) is 5.78 Å². The molecule has 0 radical (unpaired) electrons. The molecule has 3 aromatic carbocycles. The fourth-order valence-electron chi connectivity index (χ4n) is 6.63. The minimum atomic E-state index is -4.41. The van der Waals surface area contributed by atoms with Crippen LogP contribution < -0.4 is 0 Å². The second-order valence-corrected chi connectivity index (χ2v) is 19.2. The lowest BCUT2D eigenvalue weighted by Gasteiger charge is -2.09. The third kappa shape index (κ3) is 5.52. The number of aryl methyl sites for hydroxylation is 2. The van der Waals surface area contributed by atoms with Gasteiger partial charge in [-0.15, -0.1) is 68.0 Å². The van der Waals surface area contributed by atoms with Crippen molar-refractivity contribution < 1.29 is 22.4 Å². The van der Waals surface area contributed by atoms with Gasteiger partial charge in [-0.2, -0.15) is 13.2 Å². The summed E-state index contributed by atoms with van der Waals surface area (Å²) < 4.78 is 59.4. The monoisotopic (exact) mass is 800 g/mol. The number of Topliss-reactive ketones (excluding diaryl/α,β-unsaturated/α-hetero) is 1. The van der Waals surface area contributed by atoms with Crippen molar-refractivity contribution in [3.05, 3.63) is 117 Å². The molecule has 0 amide bonds. The smallest absolute Gasteiger partial charge is 0.293 e. The number of hydrogen-bond acceptors (Lipinski definition) is 7. The molecule has 9 rings (SSSR count). The highest BCUT2D eigenvalue weighted by Gasteiger charge is 2.31. The largest absolute Gasteiger partial charge is 0.416 e. The zero-order chi connectivity index (χ0) is 36.1. The van der Waals surface area contributed by atoms with E-state index in [4.69, 9.17) is 0 Å². The number of benzene rings is 3. The second kappa shape index (κ2) is 12.6. The van der Waals surface area contributed by atoms with E-state index in [0.717, 1.165) is 88.5 Å². The first kappa shape index (κ1) is 33.8. The molecular formula is C41H24F4OS6. The van der Waals surface area contributed by atoms with Crippen molar-refractivity contribution in [2.75, 3.05) is 0 Å². The molecule has 6 heterocycles. The summed E-state index contributed by atoms with van der Waals surface area (Å²) in [6.07, 6.45) is -4.41. The Balaban J connectivity index is 1.36. The Morgan fingerprint density at radius 2 is 1.15 bits per heavy atom. The van der Waals surface area contributed by atoms with E-state index in [2.05, 4.69) is 50.2 Å². The molecule has 6 aromatic heterocycles. The van der Waals surface area contributed by atoms with Gasteiger partial charge in [0, 0.05) is 77.7 Å². The Kier molecular flexibility index (Phi) is 8.18. The molecule has 0 saturated heterocycles. The van der Waals surface area contributed by atoms with Crippen molar-refractivity contribution in [2.24, 2.45) is 0 Å². The van der Waals surface area contributed by atoms with Gasteiger partial charge in [-0.3, -0.25) is 4.79 Å². The number of rotatable bonds is 6. The number of carbonyl (C=O) groups excluding carboxylic acids is 1. The molecule has 0 aliphatic rings. The van der Waals surface area contributed by atoms with Gasteiger partial charge in [-0.25, -0.2) is 4.39 Å². The molecule has 0 aliphatic carbocycles. The van der Waals surface area contributed by atoms with Gasteiger partial charge >= 0.3 is 6.18 Å². The number of hydrogen-bond donors (Lipinski definition) is 0. The predicted octanol–water partition coefficient (Wildman–Crippen LogP) is 15.8. The lowest BCUT2D eigenvalue weighted by Crippen LogP contribution is -2.03. The number of ketones is 1. The van der Waals surface area contributed by atoms with Crippen LogP contribution in [0, 0.1) is 19.7 Å². The molecule has 0 N–H and O–H groups in total. The highest BCUT2D eigenvalue weighted by atomic mass is 32.1.